The quantitative estimate of drug-likeness (QED) is 0.793. The van der Waals surface area contributed by atoms with E-state index < -0.39 is 5.97 Å². The van der Waals surface area contributed by atoms with E-state index in [1.165, 1.54) is 5.39 Å². The molecule has 0 aliphatic carbocycles. The summed E-state index contributed by atoms with van der Waals surface area (Å²) in [5, 5.41) is 15.6. The first-order chi connectivity index (χ1) is 12.2. The number of carboxylic acids is 1. The Labute approximate surface area is 145 Å². The molecule has 0 saturated carbocycles. The van der Waals surface area contributed by atoms with Crippen LogP contribution in [0.25, 0.3) is 10.8 Å². The van der Waals surface area contributed by atoms with Crippen molar-refractivity contribution in [1.29, 1.82) is 0 Å². The van der Waals surface area contributed by atoms with Gasteiger partial charge in [0.05, 0.1) is 11.7 Å². The number of aromatic carboxylic acids is 1. The summed E-state index contributed by atoms with van der Waals surface area (Å²) in [6.07, 6.45) is 5.79. The highest BCUT2D eigenvalue weighted by molar-refractivity contribution is 5.85. The Morgan fingerprint density at radius 2 is 2.08 bits per heavy atom. The lowest BCUT2D eigenvalue weighted by Crippen LogP contribution is -2.36. The first-order valence-corrected chi connectivity index (χ1v) is 8.53. The van der Waals surface area contributed by atoms with Crippen LogP contribution >= 0.6 is 0 Å². The van der Waals surface area contributed by atoms with Crippen molar-refractivity contribution in [3.05, 3.63) is 60.2 Å². The monoisotopic (exact) mass is 336 g/mol. The van der Waals surface area contributed by atoms with Crippen molar-refractivity contribution in [1.82, 2.24) is 19.7 Å². The van der Waals surface area contributed by atoms with Crippen molar-refractivity contribution in [3.63, 3.8) is 0 Å². The van der Waals surface area contributed by atoms with Gasteiger partial charge in [-0.2, -0.15) is 5.10 Å². The molecule has 2 aromatic heterocycles. The summed E-state index contributed by atoms with van der Waals surface area (Å²) in [5.41, 5.74) is 1.17. The molecule has 0 bridgehead atoms. The highest BCUT2D eigenvalue weighted by atomic mass is 16.4. The predicted molar refractivity (Wildman–Crippen MR) is 94.5 cm³/mol. The van der Waals surface area contributed by atoms with Gasteiger partial charge < -0.3 is 5.11 Å². The van der Waals surface area contributed by atoms with Crippen LogP contribution in [-0.2, 0) is 6.54 Å². The second kappa shape index (κ2) is 6.64. The molecule has 1 unspecified atom stereocenters. The van der Waals surface area contributed by atoms with Gasteiger partial charge in [0.15, 0.2) is 5.69 Å². The maximum atomic E-state index is 11.0. The Morgan fingerprint density at radius 3 is 2.88 bits per heavy atom. The van der Waals surface area contributed by atoms with Crippen molar-refractivity contribution in [3.8, 4) is 0 Å². The molecule has 1 aliphatic rings. The number of rotatable bonds is 4. The fourth-order valence-corrected chi connectivity index (χ4v) is 3.49. The minimum atomic E-state index is -0.980. The minimum absolute atomic E-state index is 0.105. The van der Waals surface area contributed by atoms with Gasteiger partial charge in [-0.3, -0.25) is 14.6 Å². The van der Waals surface area contributed by atoms with Crippen LogP contribution in [0.5, 0.6) is 0 Å². The van der Waals surface area contributed by atoms with Crippen molar-refractivity contribution in [2.75, 3.05) is 13.1 Å². The molecule has 6 heteroatoms. The molecule has 1 atom stereocenters. The molecule has 128 valence electrons. The number of carbonyl (C=O) groups is 1. The molecule has 3 heterocycles. The van der Waals surface area contributed by atoms with E-state index in [1.54, 1.807) is 16.9 Å². The Morgan fingerprint density at radius 1 is 1.24 bits per heavy atom. The zero-order valence-corrected chi connectivity index (χ0v) is 13.9. The number of aromatic nitrogens is 3. The standard InChI is InChI=1S/C19H20N4O2/c24-19(25)18-7-9-23(21-18)17-6-3-8-22(13-17)12-16-10-14-4-1-2-5-15(14)11-20-16/h1-2,4-5,7,9-11,17H,3,6,8,12-13H2,(H,24,25). The fraction of sp³-hybridized carbons (Fsp3) is 0.316. The molecule has 1 fully saturated rings. The largest absolute Gasteiger partial charge is 0.476 e. The molecule has 3 aromatic rings. The second-order valence-corrected chi connectivity index (χ2v) is 6.54. The fourth-order valence-electron chi connectivity index (χ4n) is 3.49. The van der Waals surface area contributed by atoms with Crippen LogP contribution in [0.15, 0.2) is 48.8 Å². The van der Waals surface area contributed by atoms with Gasteiger partial charge in [0.2, 0.25) is 0 Å². The first-order valence-electron chi connectivity index (χ1n) is 8.53. The molecule has 4 rings (SSSR count). The topological polar surface area (TPSA) is 71.2 Å². The highest BCUT2D eigenvalue weighted by Crippen LogP contribution is 2.23. The van der Waals surface area contributed by atoms with Crippen LogP contribution in [-0.4, -0.2) is 43.8 Å². The van der Waals surface area contributed by atoms with Gasteiger partial charge in [-0.1, -0.05) is 24.3 Å². The van der Waals surface area contributed by atoms with Gasteiger partial charge >= 0.3 is 5.97 Å². The van der Waals surface area contributed by atoms with E-state index in [0.717, 1.165) is 43.6 Å². The van der Waals surface area contributed by atoms with Crippen LogP contribution in [0.3, 0.4) is 0 Å². The average Bonchev–Trinajstić information content (AvgIpc) is 3.12. The number of piperidine rings is 1. The zero-order chi connectivity index (χ0) is 17.2. The van der Waals surface area contributed by atoms with Crippen molar-refractivity contribution < 1.29 is 9.90 Å². The normalized spacial score (nSPS) is 18.5. The molecule has 1 saturated heterocycles. The van der Waals surface area contributed by atoms with Crippen molar-refractivity contribution >= 4 is 16.7 Å². The third-order valence-electron chi connectivity index (χ3n) is 4.76. The lowest BCUT2D eigenvalue weighted by molar-refractivity contribution is 0.0688. The van der Waals surface area contributed by atoms with Crippen LogP contribution in [0.2, 0.25) is 0 Å². The zero-order valence-electron chi connectivity index (χ0n) is 13.9. The highest BCUT2D eigenvalue weighted by Gasteiger charge is 2.23. The summed E-state index contributed by atoms with van der Waals surface area (Å²) in [5.74, 6) is -0.980. The number of hydrogen-bond acceptors (Lipinski definition) is 4. The molecule has 0 spiro atoms. The Balaban J connectivity index is 1.47. The van der Waals surface area contributed by atoms with Gasteiger partial charge in [0, 0.05) is 30.9 Å². The molecule has 1 N–H and O–H groups in total. The maximum absolute atomic E-state index is 11.0. The van der Waals surface area contributed by atoms with Crippen molar-refractivity contribution in [2.24, 2.45) is 0 Å². The maximum Gasteiger partial charge on any atom is 0.356 e. The SMILES string of the molecule is O=C(O)c1ccn(C2CCCN(Cc3cc4ccccc4cn3)C2)n1. The number of carboxylic acid groups (broad SMARTS) is 1. The van der Waals surface area contributed by atoms with Gasteiger partial charge in [-0.05, 0) is 36.9 Å². The van der Waals surface area contributed by atoms with E-state index in [1.807, 2.05) is 18.3 Å². The van der Waals surface area contributed by atoms with Gasteiger partial charge in [0.25, 0.3) is 0 Å². The van der Waals surface area contributed by atoms with E-state index in [-0.39, 0.29) is 11.7 Å². The average molecular weight is 336 g/mol. The molecule has 0 radical (unpaired) electrons. The Kier molecular flexibility index (Phi) is 4.19. The molecular formula is C19H20N4O2. The predicted octanol–water partition coefficient (Wildman–Crippen LogP) is 2.97. The smallest absolute Gasteiger partial charge is 0.356 e. The Bertz CT molecular complexity index is 905. The second-order valence-electron chi connectivity index (χ2n) is 6.54. The van der Waals surface area contributed by atoms with Crippen LogP contribution in [0.1, 0.15) is 35.1 Å². The summed E-state index contributed by atoms with van der Waals surface area (Å²) in [7, 11) is 0. The summed E-state index contributed by atoms with van der Waals surface area (Å²) in [4.78, 5) is 18.0. The van der Waals surface area contributed by atoms with E-state index in [2.05, 4.69) is 33.2 Å². The molecule has 1 aromatic carbocycles. The molecule has 1 aliphatic heterocycles. The van der Waals surface area contributed by atoms with E-state index >= 15 is 0 Å². The number of pyridine rings is 1. The summed E-state index contributed by atoms with van der Waals surface area (Å²) in [6.45, 7) is 2.68. The van der Waals surface area contributed by atoms with Crippen LogP contribution < -0.4 is 0 Å². The first kappa shape index (κ1) is 15.8. The minimum Gasteiger partial charge on any atom is -0.476 e. The number of nitrogens with zero attached hydrogens (tertiary/aromatic N) is 4. The van der Waals surface area contributed by atoms with Gasteiger partial charge in [-0.25, -0.2) is 4.79 Å². The molecule has 0 amide bonds. The van der Waals surface area contributed by atoms with Crippen molar-refractivity contribution in [2.45, 2.75) is 25.4 Å². The van der Waals surface area contributed by atoms with Gasteiger partial charge in [0.1, 0.15) is 0 Å². The number of fused-ring (bicyclic) bond motifs is 1. The lowest BCUT2D eigenvalue weighted by Gasteiger charge is -2.32. The Hall–Kier alpha value is -2.73. The third-order valence-corrected chi connectivity index (χ3v) is 4.76. The number of benzene rings is 1. The van der Waals surface area contributed by atoms with Gasteiger partial charge in [-0.15, -0.1) is 0 Å². The summed E-state index contributed by atoms with van der Waals surface area (Å²) >= 11 is 0. The molecule has 25 heavy (non-hydrogen) atoms. The molecule has 6 nitrogen and oxygen atoms in total. The van der Waals surface area contributed by atoms with E-state index in [0.29, 0.717) is 0 Å². The lowest BCUT2D eigenvalue weighted by atomic mass is 10.1. The third kappa shape index (κ3) is 3.39. The number of hydrogen-bond donors (Lipinski definition) is 1. The van der Waals surface area contributed by atoms with E-state index in [4.69, 9.17) is 5.11 Å². The molecular weight excluding hydrogens is 316 g/mol. The summed E-state index contributed by atoms with van der Waals surface area (Å²) < 4.78 is 1.80. The number of likely N-dealkylation sites (tertiary alicyclic amines) is 1. The summed E-state index contributed by atoms with van der Waals surface area (Å²) in [6, 6.07) is 12.2. The van der Waals surface area contributed by atoms with E-state index in [9.17, 15) is 4.79 Å². The van der Waals surface area contributed by atoms with Crippen LogP contribution in [0, 0.1) is 0 Å². The van der Waals surface area contributed by atoms with Crippen LogP contribution in [0.4, 0.5) is 0 Å².